The minimum Gasteiger partial charge on any atom is -0.419 e. The Hall–Kier alpha value is -1.33. The minimum absolute atomic E-state index is 0.0710. The third-order valence-electron chi connectivity index (χ3n) is 2.58. The summed E-state index contributed by atoms with van der Waals surface area (Å²) < 4.78 is 5.60. The first-order chi connectivity index (χ1) is 8.24. The zero-order valence-electron chi connectivity index (χ0n) is 10.1. The molecule has 1 aromatic carbocycles. The molecule has 0 aliphatic heterocycles. The van der Waals surface area contributed by atoms with Crippen molar-refractivity contribution in [2.75, 3.05) is 13.3 Å². The van der Waals surface area contributed by atoms with E-state index in [0.717, 1.165) is 5.56 Å². The molecule has 0 amide bonds. The molecular weight excluding hydrogens is 234 g/mol. The van der Waals surface area contributed by atoms with Crippen LogP contribution >= 0.6 is 11.8 Å². The van der Waals surface area contributed by atoms with E-state index < -0.39 is 0 Å². The zero-order valence-corrected chi connectivity index (χ0v) is 10.9. The van der Waals surface area contributed by atoms with Gasteiger partial charge < -0.3 is 9.73 Å². The van der Waals surface area contributed by atoms with Crippen LogP contribution in [0.3, 0.4) is 0 Å². The molecule has 0 fully saturated rings. The van der Waals surface area contributed by atoms with Crippen LogP contribution in [0.25, 0.3) is 11.5 Å². The summed E-state index contributed by atoms with van der Waals surface area (Å²) in [5.74, 6) is 1.17. The minimum atomic E-state index is 0.0710. The van der Waals surface area contributed by atoms with E-state index in [4.69, 9.17) is 4.42 Å². The fourth-order valence-corrected chi connectivity index (χ4v) is 1.79. The number of nitrogens with one attached hydrogen (secondary N) is 1. The Balaban J connectivity index is 2.24. The third-order valence-corrected chi connectivity index (χ3v) is 3.32. The summed E-state index contributed by atoms with van der Waals surface area (Å²) in [7, 11) is 1.86. The van der Waals surface area contributed by atoms with Crippen molar-refractivity contribution in [1.82, 2.24) is 15.5 Å². The number of hydrogen-bond donors (Lipinski definition) is 1. The summed E-state index contributed by atoms with van der Waals surface area (Å²) >= 11 is 1.71. The molecule has 1 unspecified atom stereocenters. The van der Waals surface area contributed by atoms with Crippen molar-refractivity contribution in [3.05, 3.63) is 30.2 Å². The lowest BCUT2D eigenvalue weighted by Crippen LogP contribution is -2.12. The molecule has 0 saturated carbocycles. The molecule has 4 nitrogen and oxygen atoms in total. The van der Waals surface area contributed by atoms with Gasteiger partial charge in [-0.2, -0.15) is 0 Å². The smallest absolute Gasteiger partial charge is 0.247 e. The van der Waals surface area contributed by atoms with Crippen molar-refractivity contribution < 1.29 is 4.42 Å². The monoisotopic (exact) mass is 249 g/mol. The van der Waals surface area contributed by atoms with Gasteiger partial charge in [0.05, 0.1) is 6.04 Å². The van der Waals surface area contributed by atoms with Crippen molar-refractivity contribution in [2.24, 2.45) is 0 Å². The Labute approximate surface area is 105 Å². The van der Waals surface area contributed by atoms with Crippen LogP contribution in [0.2, 0.25) is 0 Å². The Morgan fingerprint density at radius 2 is 1.94 bits per heavy atom. The van der Waals surface area contributed by atoms with E-state index in [1.807, 2.05) is 38.2 Å². The van der Waals surface area contributed by atoms with Crippen LogP contribution in [0.1, 0.15) is 18.9 Å². The number of nitrogens with zero attached hydrogens (tertiary/aromatic N) is 2. The van der Waals surface area contributed by atoms with E-state index in [1.165, 1.54) is 4.90 Å². The number of rotatable bonds is 4. The second-order valence-electron chi connectivity index (χ2n) is 3.68. The second kappa shape index (κ2) is 5.33. The molecule has 90 valence electrons. The van der Waals surface area contributed by atoms with Gasteiger partial charge in [0.2, 0.25) is 11.8 Å². The van der Waals surface area contributed by atoms with Gasteiger partial charge in [0.15, 0.2) is 0 Å². The molecule has 0 radical (unpaired) electrons. The SMILES string of the molecule is CNC(C)c1nnc(-c2ccc(SC)cc2)o1. The second-order valence-corrected chi connectivity index (χ2v) is 4.56. The molecule has 1 N–H and O–H groups in total. The summed E-state index contributed by atoms with van der Waals surface area (Å²) in [6.45, 7) is 1.98. The Kier molecular flexibility index (Phi) is 3.81. The van der Waals surface area contributed by atoms with Crippen molar-refractivity contribution >= 4 is 11.8 Å². The highest BCUT2D eigenvalue weighted by Crippen LogP contribution is 2.23. The molecule has 0 aliphatic rings. The van der Waals surface area contributed by atoms with Crippen LogP contribution in [0.5, 0.6) is 0 Å². The van der Waals surface area contributed by atoms with Crippen molar-refractivity contribution in [2.45, 2.75) is 17.9 Å². The van der Waals surface area contributed by atoms with Crippen LogP contribution in [0.15, 0.2) is 33.6 Å². The molecule has 0 saturated heterocycles. The maximum atomic E-state index is 5.60. The van der Waals surface area contributed by atoms with Crippen molar-refractivity contribution in [1.29, 1.82) is 0 Å². The predicted molar refractivity (Wildman–Crippen MR) is 69.0 cm³/mol. The maximum absolute atomic E-state index is 5.60. The molecule has 0 spiro atoms. The molecule has 17 heavy (non-hydrogen) atoms. The van der Waals surface area contributed by atoms with Crippen molar-refractivity contribution in [3.63, 3.8) is 0 Å². The lowest BCUT2D eigenvalue weighted by molar-refractivity contribution is 0.441. The molecule has 0 aliphatic carbocycles. The summed E-state index contributed by atoms with van der Waals surface area (Å²) in [5, 5.41) is 11.1. The maximum Gasteiger partial charge on any atom is 0.247 e. The topological polar surface area (TPSA) is 51.0 Å². The lowest BCUT2D eigenvalue weighted by atomic mass is 10.2. The van der Waals surface area contributed by atoms with E-state index in [1.54, 1.807) is 11.8 Å². The average Bonchev–Trinajstić information content (AvgIpc) is 2.87. The van der Waals surface area contributed by atoms with Gasteiger partial charge >= 0.3 is 0 Å². The van der Waals surface area contributed by atoms with Crippen LogP contribution < -0.4 is 5.32 Å². The van der Waals surface area contributed by atoms with E-state index in [-0.39, 0.29) is 6.04 Å². The molecule has 2 rings (SSSR count). The Bertz CT molecular complexity index is 481. The number of hydrogen-bond acceptors (Lipinski definition) is 5. The molecule has 1 atom stereocenters. The summed E-state index contributed by atoms with van der Waals surface area (Å²) in [6, 6.07) is 8.15. The van der Waals surface area contributed by atoms with Gasteiger partial charge in [0.25, 0.3) is 0 Å². The molecule has 0 bridgehead atoms. The fraction of sp³-hybridized carbons (Fsp3) is 0.333. The Morgan fingerprint density at radius 3 is 2.53 bits per heavy atom. The standard InChI is InChI=1S/C12H15N3OS/c1-8(13-2)11-14-15-12(16-11)9-4-6-10(17-3)7-5-9/h4-8,13H,1-3H3. The van der Waals surface area contributed by atoms with Crippen LogP contribution in [-0.2, 0) is 0 Å². The summed E-state index contributed by atoms with van der Waals surface area (Å²) in [4.78, 5) is 1.22. The van der Waals surface area contributed by atoms with Gasteiger partial charge in [-0.15, -0.1) is 22.0 Å². The first kappa shape index (κ1) is 12.1. The molecule has 1 aromatic heterocycles. The lowest BCUT2D eigenvalue weighted by Gasteiger charge is -2.02. The van der Waals surface area contributed by atoms with Crippen molar-refractivity contribution in [3.8, 4) is 11.5 Å². The summed E-state index contributed by atoms with van der Waals surface area (Å²) in [6.07, 6.45) is 2.05. The predicted octanol–water partition coefficient (Wildman–Crippen LogP) is 2.74. The first-order valence-corrected chi connectivity index (χ1v) is 6.62. The van der Waals surface area contributed by atoms with Gasteiger partial charge in [-0.1, -0.05) is 0 Å². The van der Waals surface area contributed by atoms with Crippen LogP contribution in [-0.4, -0.2) is 23.5 Å². The van der Waals surface area contributed by atoms with Gasteiger partial charge in [-0.05, 0) is 44.5 Å². The number of benzene rings is 1. The van der Waals surface area contributed by atoms with Gasteiger partial charge in [0, 0.05) is 10.5 Å². The van der Waals surface area contributed by atoms with Crippen LogP contribution in [0, 0.1) is 0 Å². The molecular formula is C12H15N3OS. The highest BCUT2D eigenvalue weighted by molar-refractivity contribution is 7.98. The quantitative estimate of drug-likeness (QED) is 0.844. The van der Waals surface area contributed by atoms with E-state index in [2.05, 4.69) is 21.8 Å². The van der Waals surface area contributed by atoms with Gasteiger partial charge in [0.1, 0.15) is 0 Å². The van der Waals surface area contributed by atoms with E-state index in [0.29, 0.717) is 11.8 Å². The number of thioether (sulfide) groups is 1. The normalized spacial score (nSPS) is 12.6. The molecule has 1 heterocycles. The zero-order chi connectivity index (χ0) is 12.3. The van der Waals surface area contributed by atoms with Gasteiger partial charge in [-0.25, -0.2) is 0 Å². The molecule has 5 heteroatoms. The average molecular weight is 249 g/mol. The van der Waals surface area contributed by atoms with E-state index in [9.17, 15) is 0 Å². The third kappa shape index (κ3) is 2.68. The molecule has 2 aromatic rings. The highest BCUT2D eigenvalue weighted by atomic mass is 32.2. The Morgan fingerprint density at radius 1 is 1.24 bits per heavy atom. The summed E-state index contributed by atoms with van der Waals surface area (Å²) in [5.41, 5.74) is 0.949. The van der Waals surface area contributed by atoms with E-state index >= 15 is 0 Å². The van der Waals surface area contributed by atoms with Gasteiger partial charge in [-0.3, -0.25) is 0 Å². The fourth-order valence-electron chi connectivity index (χ4n) is 1.38. The van der Waals surface area contributed by atoms with Crippen LogP contribution in [0.4, 0.5) is 0 Å². The largest absolute Gasteiger partial charge is 0.419 e. The first-order valence-electron chi connectivity index (χ1n) is 5.39. The highest BCUT2D eigenvalue weighted by Gasteiger charge is 2.12. The number of aromatic nitrogens is 2.